The number of rotatable bonds is 2. The molecule has 1 aromatic heterocycles. The molecule has 5 heteroatoms. The molecule has 1 saturated heterocycles. The first-order valence-corrected chi connectivity index (χ1v) is 8.51. The number of anilines is 1. The molecule has 1 amide bonds. The van der Waals surface area contributed by atoms with Crippen LogP contribution in [0.3, 0.4) is 0 Å². The summed E-state index contributed by atoms with van der Waals surface area (Å²) < 4.78 is 1.12. The van der Waals surface area contributed by atoms with E-state index in [1.807, 2.05) is 23.7 Å². The van der Waals surface area contributed by atoms with E-state index in [9.17, 15) is 4.79 Å². The number of hydrogen-bond acceptors (Lipinski definition) is 4. The van der Waals surface area contributed by atoms with Gasteiger partial charge in [-0.05, 0) is 43.5 Å². The van der Waals surface area contributed by atoms with Gasteiger partial charge in [-0.3, -0.25) is 4.79 Å². The third-order valence-corrected chi connectivity index (χ3v) is 5.87. The quantitative estimate of drug-likeness (QED) is 0.896. The van der Waals surface area contributed by atoms with Gasteiger partial charge in [0.1, 0.15) is 0 Å². The lowest BCUT2D eigenvalue weighted by Gasteiger charge is -2.37. The molecule has 2 aromatic rings. The second-order valence-electron chi connectivity index (χ2n) is 6.22. The van der Waals surface area contributed by atoms with Crippen molar-refractivity contribution in [3.63, 3.8) is 0 Å². The van der Waals surface area contributed by atoms with Crippen LogP contribution in [-0.2, 0) is 4.79 Å². The molecule has 0 radical (unpaired) electrons. The molecule has 4 rings (SSSR count). The SMILES string of the molecule is O=C(Nc1ccc2ncsc2c1)[C@@]12CCCC[C@H]1CNC2. The second kappa shape index (κ2) is 5.07. The summed E-state index contributed by atoms with van der Waals surface area (Å²) in [6.07, 6.45) is 4.61. The number of benzene rings is 1. The molecular weight excluding hydrogens is 282 g/mol. The smallest absolute Gasteiger partial charge is 0.232 e. The Labute approximate surface area is 128 Å². The fourth-order valence-corrected chi connectivity index (χ4v) is 4.60. The molecular formula is C16H19N3OS. The number of nitrogens with zero attached hydrogens (tertiary/aromatic N) is 1. The van der Waals surface area contributed by atoms with Crippen LogP contribution in [0, 0.1) is 11.3 Å². The summed E-state index contributed by atoms with van der Waals surface area (Å²) in [4.78, 5) is 17.2. The van der Waals surface area contributed by atoms with E-state index in [2.05, 4.69) is 15.6 Å². The van der Waals surface area contributed by atoms with E-state index in [0.717, 1.165) is 35.4 Å². The molecule has 4 nitrogen and oxygen atoms in total. The monoisotopic (exact) mass is 301 g/mol. The van der Waals surface area contributed by atoms with Gasteiger partial charge in [-0.25, -0.2) is 4.98 Å². The minimum atomic E-state index is -0.194. The molecule has 110 valence electrons. The van der Waals surface area contributed by atoms with Gasteiger partial charge in [0.15, 0.2) is 0 Å². The minimum absolute atomic E-state index is 0.194. The lowest BCUT2D eigenvalue weighted by molar-refractivity contribution is -0.128. The summed E-state index contributed by atoms with van der Waals surface area (Å²) in [5.74, 6) is 0.694. The Morgan fingerprint density at radius 2 is 2.38 bits per heavy atom. The van der Waals surface area contributed by atoms with Crippen LogP contribution in [0.2, 0.25) is 0 Å². The van der Waals surface area contributed by atoms with Gasteiger partial charge < -0.3 is 10.6 Å². The van der Waals surface area contributed by atoms with Crippen LogP contribution in [0.15, 0.2) is 23.7 Å². The Morgan fingerprint density at radius 1 is 1.43 bits per heavy atom. The average Bonchev–Trinajstić information content (AvgIpc) is 3.13. The zero-order valence-electron chi connectivity index (χ0n) is 11.9. The van der Waals surface area contributed by atoms with Gasteiger partial charge in [-0.2, -0.15) is 0 Å². The lowest BCUT2D eigenvalue weighted by atomic mass is 9.67. The summed E-state index contributed by atoms with van der Waals surface area (Å²) in [6.45, 7) is 1.81. The number of hydrogen-bond donors (Lipinski definition) is 2. The maximum absolute atomic E-state index is 12.9. The molecule has 0 bridgehead atoms. The molecule has 0 spiro atoms. The lowest BCUT2D eigenvalue weighted by Crippen LogP contribution is -2.44. The van der Waals surface area contributed by atoms with E-state index in [1.165, 1.54) is 19.3 Å². The summed E-state index contributed by atoms with van der Waals surface area (Å²) in [5.41, 5.74) is 3.53. The fraction of sp³-hybridized carbons (Fsp3) is 0.500. The Hall–Kier alpha value is -1.46. The van der Waals surface area contributed by atoms with Gasteiger partial charge in [0.25, 0.3) is 0 Å². The van der Waals surface area contributed by atoms with Crippen LogP contribution in [-0.4, -0.2) is 24.0 Å². The van der Waals surface area contributed by atoms with Crippen molar-refractivity contribution < 1.29 is 4.79 Å². The van der Waals surface area contributed by atoms with Crippen LogP contribution < -0.4 is 10.6 Å². The van der Waals surface area contributed by atoms with Crippen molar-refractivity contribution in [2.75, 3.05) is 18.4 Å². The molecule has 0 unspecified atom stereocenters. The van der Waals surface area contributed by atoms with Crippen molar-refractivity contribution in [1.29, 1.82) is 0 Å². The molecule has 2 fully saturated rings. The molecule has 2 aliphatic rings. The normalized spacial score (nSPS) is 28.5. The van der Waals surface area contributed by atoms with Crippen molar-refractivity contribution in [3.8, 4) is 0 Å². The topological polar surface area (TPSA) is 54.0 Å². The summed E-state index contributed by atoms with van der Waals surface area (Å²) in [6, 6.07) is 5.96. The third kappa shape index (κ3) is 2.15. The number of carbonyl (C=O) groups excluding carboxylic acids is 1. The van der Waals surface area contributed by atoms with Crippen LogP contribution in [0.4, 0.5) is 5.69 Å². The number of fused-ring (bicyclic) bond motifs is 2. The Bertz CT molecular complexity index is 683. The Balaban J connectivity index is 1.59. The van der Waals surface area contributed by atoms with Crippen molar-refractivity contribution in [1.82, 2.24) is 10.3 Å². The first kappa shape index (κ1) is 13.2. The van der Waals surface area contributed by atoms with E-state index < -0.39 is 0 Å². The Morgan fingerprint density at radius 3 is 3.33 bits per heavy atom. The van der Waals surface area contributed by atoms with Gasteiger partial charge in [-0.1, -0.05) is 12.8 Å². The molecule has 1 aliphatic heterocycles. The number of carbonyl (C=O) groups is 1. The van der Waals surface area contributed by atoms with Gasteiger partial charge in [0.2, 0.25) is 5.91 Å². The molecule has 1 saturated carbocycles. The first-order valence-electron chi connectivity index (χ1n) is 7.63. The third-order valence-electron chi connectivity index (χ3n) is 5.08. The average molecular weight is 301 g/mol. The van der Waals surface area contributed by atoms with E-state index in [4.69, 9.17) is 0 Å². The summed E-state index contributed by atoms with van der Waals surface area (Å²) in [5, 5.41) is 6.58. The maximum atomic E-state index is 12.9. The van der Waals surface area contributed by atoms with Crippen LogP contribution in [0.1, 0.15) is 25.7 Å². The van der Waals surface area contributed by atoms with Crippen molar-refractivity contribution in [2.24, 2.45) is 11.3 Å². The van der Waals surface area contributed by atoms with Crippen LogP contribution in [0.25, 0.3) is 10.2 Å². The summed E-state index contributed by atoms with van der Waals surface area (Å²) >= 11 is 1.61. The maximum Gasteiger partial charge on any atom is 0.232 e. The molecule has 2 N–H and O–H groups in total. The molecule has 1 aliphatic carbocycles. The van der Waals surface area contributed by atoms with E-state index in [-0.39, 0.29) is 11.3 Å². The van der Waals surface area contributed by atoms with Crippen molar-refractivity contribution in [3.05, 3.63) is 23.7 Å². The van der Waals surface area contributed by atoms with E-state index in [0.29, 0.717) is 5.92 Å². The zero-order chi connectivity index (χ0) is 14.3. The number of thiazole rings is 1. The highest BCUT2D eigenvalue weighted by atomic mass is 32.1. The van der Waals surface area contributed by atoms with E-state index >= 15 is 0 Å². The Kier molecular flexibility index (Phi) is 3.19. The van der Waals surface area contributed by atoms with Crippen molar-refractivity contribution in [2.45, 2.75) is 25.7 Å². The predicted molar refractivity (Wildman–Crippen MR) is 85.5 cm³/mol. The molecule has 2 atom stereocenters. The molecule has 21 heavy (non-hydrogen) atoms. The van der Waals surface area contributed by atoms with Gasteiger partial charge in [0, 0.05) is 12.2 Å². The standard InChI is InChI=1S/C16H19N3OS/c20-15(16-6-2-1-3-11(16)8-17-9-16)19-12-4-5-13-14(7-12)21-10-18-13/h4-5,7,10-11,17H,1-3,6,8-9H2,(H,19,20)/t11-,16+/m0/s1. The van der Waals surface area contributed by atoms with E-state index in [1.54, 1.807) is 11.3 Å². The highest BCUT2D eigenvalue weighted by Gasteiger charge is 2.49. The van der Waals surface area contributed by atoms with Gasteiger partial charge >= 0.3 is 0 Å². The first-order chi connectivity index (χ1) is 10.3. The minimum Gasteiger partial charge on any atom is -0.326 e. The highest BCUT2D eigenvalue weighted by Crippen LogP contribution is 2.44. The predicted octanol–water partition coefficient (Wildman–Crippen LogP) is 3.01. The molecule has 2 heterocycles. The number of aromatic nitrogens is 1. The van der Waals surface area contributed by atoms with Gasteiger partial charge in [-0.15, -0.1) is 11.3 Å². The number of amides is 1. The summed E-state index contributed by atoms with van der Waals surface area (Å²) in [7, 11) is 0. The van der Waals surface area contributed by atoms with Crippen molar-refractivity contribution >= 4 is 33.1 Å². The fourth-order valence-electron chi connectivity index (χ4n) is 3.88. The second-order valence-corrected chi connectivity index (χ2v) is 7.11. The number of nitrogens with one attached hydrogen (secondary N) is 2. The van der Waals surface area contributed by atoms with Gasteiger partial charge in [0.05, 0.1) is 21.1 Å². The highest BCUT2D eigenvalue weighted by molar-refractivity contribution is 7.16. The van der Waals surface area contributed by atoms with Crippen LogP contribution >= 0.6 is 11.3 Å². The van der Waals surface area contributed by atoms with Crippen LogP contribution in [0.5, 0.6) is 0 Å². The zero-order valence-corrected chi connectivity index (χ0v) is 12.7. The molecule has 1 aromatic carbocycles. The largest absolute Gasteiger partial charge is 0.326 e.